The van der Waals surface area contributed by atoms with Gasteiger partial charge in [0, 0.05) is 50.7 Å². The van der Waals surface area contributed by atoms with Crippen molar-refractivity contribution in [3.8, 4) is 11.4 Å². The molecular formula is C27H31ClFN7O2. The van der Waals surface area contributed by atoms with E-state index in [1.165, 1.54) is 13.3 Å². The molecule has 0 spiro atoms. The maximum atomic E-state index is 13.9. The molecule has 0 atom stereocenters. The minimum Gasteiger partial charge on any atom is -0.493 e. The Bertz CT molecular complexity index is 1380. The number of carbonyl (C=O) groups excluding carboxylic acids is 1. The molecule has 1 aliphatic carbocycles. The van der Waals surface area contributed by atoms with Crippen molar-refractivity contribution < 1.29 is 13.9 Å². The third-order valence-corrected chi connectivity index (χ3v) is 8.31. The number of hydrogen-bond acceptors (Lipinski definition) is 7. The minimum atomic E-state index is -0.501. The van der Waals surface area contributed by atoms with E-state index >= 15 is 0 Å². The van der Waals surface area contributed by atoms with Gasteiger partial charge in [-0.05, 0) is 49.4 Å². The van der Waals surface area contributed by atoms with Crippen molar-refractivity contribution in [2.75, 3.05) is 39.2 Å². The first-order valence-corrected chi connectivity index (χ1v) is 13.3. The number of rotatable bonds is 5. The van der Waals surface area contributed by atoms with E-state index in [0.29, 0.717) is 23.9 Å². The number of piperidine rings is 1. The summed E-state index contributed by atoms with van der Waals surface area (Å²) >= 11 is 6.44. The molecule has 3 aromatic rings. The highest BCUT2D eigenvalue weighted by Crippen LogP contribution is 2.46. The fourth-order valence-electron chi connectivity index (χ4n) is 5.90. The molecule has 1 aromatic carbocycles. The zero-order valence-corrected chi connectivity index (χ0v) is 22.6. The van der Waals surface area contributed by atoms with E-state index in [2.05, 4.69) is 24.4 Å². The van der Waals surface area contributed by atoms with Crippen LogP contribution < -0.4 is 9.64 Å². The Morgan fingerprint density at radius 2 is 1.92 bits per heavy atom. The number of pyridine rings is 1. The monoisotopic (exact) mass is 539 g/mol. The first-order chi connectivity index (χ1) is 18.3. The van der Waals surface area contributed by atoms with Crippen molar-refractivity contribution in [1.29, 1.82) is 0 Å². The fraction of sp³-hybridized carbons (Fsp3) is 0.481. The lowest BCUT2D eigenvalue weighted by Crippen LogP contribution is -2.48. The van der Waals surface area contributed by atoms with Crippen molar-refractivity contribution in [1.82, 2.24) is 29.5 Å². The van der Waals surface area contributed by atoms with Gasteiger partial charge in [0.15, 0.2) is 17.4 Å². The summed E-state index contributed by atoms with van der Waals surface area (Å²) in [6, 6.07) is 7.58. The normalized spacial score (nSPS) is 18.9. The van der Waals surface area contributed by atoms with E-state index in [-0.39, 0.29) is 17.6 Å². The number of fused-ring (bicyclic) bond motifs is 3. The van der Waals surface area contributed by atoms with E-state index in [0.717, 1.165) is 61.7 Å². The van der Waals surface area contributed by atoms with Gasteiger partial charge in [0.1, 0.15) is 17.2 Å². The molecule has 2 fully saturated rings. The number of nitrogens with zero attached hydrogens (tertiary/aromatic N) is 7. The Hall–Kier alpha value is -3.24. The lowest BCUT2D eigenvalue weighted by molar-refractivity contribution is -0.136. The number of anilines is 1. The molecule has 4 heterocycles. The molecule has 11 heteroatoms. The van der Waals surface area contributed by atoms with E-state index in [4.69, 9.17) is 21.4 Å². The van der Waals surface area contributed by atoms with Gasteiger partial charge in [-0.3, -0.25) is 14.3 Å². The number of benzene rings is 1. The molecule has 0 N–H and O–H groups in total. The molecule has 1 saturated heterocycles. The van der Waals surface area contributed by atoms with Gasteiger partial charge in [-0.2, -0.15) is 0 Å². The van der Waals surface area contributed by atoms with Gasteiger partial charge >= 0.3 is 0 Å². The average Bonchev–Trinajstić information content (AvgIpc) is 3.65. The highest BCUT2D eigenvalue weighted by atomic mass is 35.5. The fourth-order valence-corrected chi connectivity index (χ4v) is 6.09. The van der Waals surface area contributed by atoms with Gasteiger partial charge in [-0.25, -0.2) is 9.37 Å². The van der Waals surface area contributed by atoms with Crippen LogP contribution in [-0.2, 0) is 17.9 Å². The van der Waals surface area contributed by atoms with Crippen LogP contribution in [0.4, 0.5) is 10.2 Å². The second-order valence-corrected chi connectivity index (χ2v) is 11.0. The molecule has 0 radical (unpaired) electrons. The van der Waals surface area contributed by atoms with Crippen molar-refractivity contribution in [3.05, 3.63) is 58.5 Å². The van der Waals surface area contributed by atoms with Crippen LogP contribution in [0.15, 0.2) is 30.5 Å². The maximum absolute atomic E-state index is 13.9. The average molecular weight is 540 g/mol. The van der Waals surface area contributed by atoms with Crippen molar-refractivity contribution in [2.45, 2.75) is 50.2 Å². The summed E-state index contributed by atoms with van der Waals surface area (Å²) in [6.07, 6.45) is 4.59. The molecule has 0 unspecified atom stereocenters. The van der Waals surface area contributed by atoms with Crippen LogP contribution in [0.3, 0.4) is 0 Å². The van der Waals surface area contributed by atoms with E-state index in [1.54, 1.807) is 11.0 Å². The van der Waals surface area contributed by atoms with Crippen molar-refractivity contribution >= 4 is 23.3 Å². The van der Waals surface area contributed by atoms with Crippen LogP contribution in [0.2, 0.25) is 5.02 Å². The van der Waals surface area contributed by atoms with E-state index in [1.807, 2.05) is 32.3 Å². The van der Waals surface area contributed by atoms with E-state index < -0.39 is 11.4 Å². The first kappa shape index (κ1) is 25.1. The first-order valence-electron chi connectivity index (χ1n) is 12.9. The number of carbonyl (C=O) groups is 1. The predicted octanol–water partition coefficient (Wildman–Crippen LogP) is 3.78. The molecule has 1 amide bonds. The molecule has 6 rings (SSSR count). The summed E-state index contributed by atoms with van der Waals surface area (Å²) in [7, 11) is 5.09. The topological polar surface area (TPSA) is 79.6 Å². The molecule has 2 aliphatic heterocycles. The van der Waals surface area contributed by atoms with Gasteiger partial charge in [0.25, 0.3) is 0 Å². The Morgan fingerprint density at radius 3 is 2.61 bits per heavy atom. The number of ether oxygens (including phenoxy) is 1. The Kier molecular flexibility index (Phi) is 6.26. The molecule has 9 nitrogen and oxygen atoms in total. The summed E-state index contributed by atoms with van der Waals surface area (Å²) in [5.74, 6) is 2.53. The lowest BCUT2D eigenvalue weighted by Gasteiger charge is -2.32. The Morgan fingerprint density at radius 1 is 1.16 bits per heavy atom. The zero-order chi connectivity index (χ0) is 26.6. The molecule has 3 aliphatic rings. The SMILES string of the molecule is COc1cc(N2CCC(c3nnc4n3-c3ccc(Cl)cc3CN(C3(C(=O)N(C)C)CC3)C4)CC2)ncc1F. The van der Waals surface area contributed by atoms with Crippen LogP contribution in [0.1, 0.15) is 48.8 Å². The van der Waals surface area contributed by atoms with Crippen LogP contribution in [0.5, 0.6) is 5.75 Å². The standard InChI is InChI=1S/C27H31ClFN7O2/c1-33(2)26(37)27(8-9-27)35-15-18-12-19(28)4-5-21(18)36-24(16-35)31-32-25(36)17-6-10-34(11-7-17)23-13-22(38-3)20(29)14-30-23/h4-5,12-14,17H,6-11,15-16H2,1-3H3. The minimum absolute atomic E-state index is 0.132. The number of aromatic nitrogens is 4. The Balaban J connectivity index is 1.30. The Labute approximate surface area is 226 Å². The van der Waals surface area contributed by atoms with Gasteiger partial charge < -0.3 is 14.5 Å². The van der Waals surface area contributed by atoms with Gasteiger partial charge in [0.05, 0.1) is 25.5 Å². The van der Waals surface area contributed by atoms with Crippen LogP contribution in [-0.4, -0.2) is 75.3 Å². The molecular weight excluding hydrogens is 509 g/mol. The summed E-state index contributed by atoms with van der Waals surface area (Å²) in [4.78, 5) is 23.5. The van der Waals surface area contributed by atoms with Gasteiger partial charge in [-0.1, -0.05) is 11.6 Å². The third-order valence-electron chi connectivity index (χ3n) is 8.07. The summed E-state index contributed by atoms with van der Waals surface area (Å²) in [5, 5.41) is 10.0. The van der Waals surface area contributed by atoms with Crippen molar-refractivity contribution in [2.24, 2.45) is 0 Å². The molecule has 0 bridgehead atoms. The second kappa shape index (κ2) is 9.50. The number of hydrogen-bond donors (Lipinski definition) is 0. The molecule has 38 heavy (non-hydrogen) atoms. The summed E-state index contributed by atoms with van der Waals surface area (Å²) in [5.41, 5.74) is 1.58. The smallest absolute Gasteiger partial charge is 0.242 e. The summed E-state index contributed by atoms with van der Waals surface area (Å²) < 4.78 is 21.2. The number of amides is 1. The number of likely N-dealkylation sites (N-methyl/N-ethyl adjacent to an activating group) is 1. The highest BCUT2D eigenvalue weighted by molar-refractivity contribution is 6.30. The van der Waals surface area contributed by atoms with Crippen LogP contribution in [0, 0.1) is 5.82 Å². The van der Waals surface area contributed by atoms with E-state index in [9.17, 15) is 9.18 Å². The quantitative estimate of drug-likeness (QED) is 0.488. The van der Waals surface area contributed by atoms with Gasteiger partial charge in [0.2, 0.25) is 5.91 Å². The zero-order valence-electron chi connectivity index (χ0n) is 21.8. The highest BCUT2D eigenvalue weighted by Gasteiger charge is 2.56. The van der Waals surface area contributed by atoms with Crippen molar-refractivity contribution in [3.63, 3.8) is 0 Å². The largest absolute Gasteiger partial charge is 0.493 e. The maximum Gasteiger partial charge on any atom is 0.242 e. The van der Waals surface area contributed by atoms with Crippen LogP contribution in [0.25, 0.3) is 5.69 Å². The number of methoxy groups -OCH3 is 1. The molecule has 200 valence electrons. The molecule has 1 saturated carbocycles. The number of halogens is 2. The predicted molar refractivity (Wildman–Crippen MR) is 141 cm³/mol. The van der Waals surface area contributed by atoms with Gasteiger partial charge in [-0.15, -0.1) is 10.2 Å². The van der Waals surface area contributed by atoms with Crippen LogP contribution >= 0.6 is 11.6 Å². The molecule has 2 aromatic heterocycles. The second-order valence-electron chi connectivity index (χ2n) is 10.6. The summed E-state index contributed by atoms with van der Waals surface area (Å²) in [6.45, 7) is 2.68. The third kappa shape index (κ3) is 4.19. The lowest BCUT2D eigenvalue weighted by atomic mass is 9.95.